The van der Waals surface area contributed by atoms with Crippen molar-refractivity contribution in [2.45, 2.75) is 13.3 Å². The second-order valence-corrected chi connectivity index (χ2v) is 5.15. The van der Waals surface area contributed by atoms with E-state index in [1.54, 1.807) is 42.5 Å². The van der Waals surface area contributed by atoms with Crippen LogP contribution in [0.2, 0.25) is 0 Å². The van der Waals surface area contributed by atoms with Crippen LogP contribution in [0.15, 0.2) is 30.9 Å². The summed E-state index contributed by atoms with van der Waals surface area (Å²) in [5, 5.41) is 0.662. The largest absolute Gasteiger partial charge is 0.424 e. The maximum Gasteiger partial charge on any atom is 0.308 e. The van der Waals surface area contributed by atoms with Crippen molar-refractivity contribution in [2.24, 2.45) is 0 Å². The minimum absolute atomic E-state index is 0.299. The van der Waals surface area contributed by atoms with Gasteiger partial charge >= 0.3 is 5.97 Å². The fraction of sp³-hybridized carbons (Fsp3) is 0.250. The van der Waals surface area contributed by atoms with E-state index >= 15 is 0 Å². The molecule has 0 saturated carbocycles. The van der Waals surface area contributed by atoms with Crippen molar-refractivity contribution in [1.82, 2.24) is 19.5 Å². The molecule has 0 bridgehead atoms. The number of nitrogens with zero attached hydrogens (tertiary/aromatic N) is 4. The Bertz CT molecular complexity index is 877. The van der Waals surface area contributed by atoms with Gasteiger partial charge in [0.1, 0.15) is 6.33 Å². The van der Waals surface area contributed by atoms with E-state index < -0.39 is 5.97 Å². The summed E-state index contributed by atoms with van der Waals surface area (Å²) < 4.78 is 12.0. The first-order chi connectivity index (χ1) is 11.6. The third-order valence-electron chi connectivity index (χ3n) is 3.46. The lowest BCUT2D eigenvalue weighted by Crippen LogP contribution is -2.09. The molecule has 3 aromatic rings. The van der Waals surface area contributed by atoms with Gasteiger partial charge in [0.25, 0.3) is 0 Å². The molecule has 0 fully saturated rings. The topological polar surface area (TPSA) is 105 Å². The molecule has 2 N–H and O–H groups in total. The van der Waals surface area contributed by atoms with Gasteiger partial charge in [-0.2, -0.15) is 0 Å². The predicted molar refractivity (Wildman–Crippen MR) is 88.0 cm³/mol. The molecule has 0 amide bonds. The molecule has 0 aliphatic carbocycles. The molecule has 3 rings (SSSR count). The van der Waals surface area contributed by atoms with Crippen LogP contribution in [0, 0.1) is 0 Å². The van der Waals surface area contributed by atoms with Gasteiger partial charge in [0.15, 0.2) is 5.75 Å². The minimum Gasteiger partial charge on any atom is -0.424 e. The lowest BCUT2D eigenvalue weighted by atomic mass is 10.1. The summed E-state index contributed by atoms with van der Waals surface area (Å²) in [6.07, 6.45) is 5.58. The highest BCUT2D eigenvalue weighted by Gasteiger charge is 2.15. The summed E-state index contributed by atoms with van der Waals surface area (Å²) in [4.78, 5) is 24.3. The Labute approximate surface area is 138 Å². The predicted octanol–water partition coefficient (Wildman–Crippen LogP) is 1.51. The molecule has 8 heteroatoms. The minimum atomic E-state index is -0.435. The summed E-state index contributed by atoms with van der Waals surface area (Å²) in [5.74, 6) is 0.355. The van der Waals surface area contributed by atoms with E-state index in [0.717, 1.165) is 5.69 Å². The van der Waals surface area contributed by atoms with E-state index in [0.29, 0.717) is 41.3 Å². The molecule has 0 unspecified atom stereocenters. The number of rotatable bonds is 5. The average molecular weight is 327 g/mol. The van der Waals surface area contributed by atoms with E-state index in [4.69, 9.17) is 15.2 Å². The first-order valence-electron chi connectivity index (χ1n) is 7.35. The molecule has 24 heavy (non-hydrogen) atoms. The van der Waals surface area contributed by atoms with Crippen LogP contribution in [-0.2, 0) is 16.0 Å². The Morgan fingerprint density at radius 2 is 2.17 bits per heavy atom. The van der Waals surface area contributed by atoms with E-state index in [1.807, 2.05) is 0 Å². The molecule has 0 radical (unpaired) electrons. The molecule has 0 saturated heterocycles. The van der Waals surface area contributed by atoms with Crippen molar-refractivity contribution < 1.29 is 14.3 Å². The molecule has 2 heterocycles. The summed E-state index contributed by atoms with van der Waals surface area (Å²) in [5.41, 5.74) is 7.91. The van der Waals surface area contributed by atoms with Gasteiger partial charge in [0.05, 0.1) is 23.5 Å². The number of carbonyl (C=O) groups is 1. The number of ether oxygens (including phenoxy) is 2. The third kappa shape index (κ3) is 3.04. The number of carbonyl (C=O) groups excluding carboxylic acids is 1. The van der Waals surface area contributed by atoms with Gasteiger partial charge in [0, 0.05) is 38.2 Å². The van der Waals surface area contributed by atoms with Gasteiger partial charge in [-0.05, 0) is 12.1 Å². The van der Waals surface area contributed by atoms with Crippen LogP contribution in [-0.4, -0.2) is 39.2 Å². The molecule has 0 aliphatic rings. The maximum absolute atomic E-state index is 11.2. The Morgan fingerprint density at radius 3 is 2.83 bits per heavy atom. The Morgan fingerprint density at radius 1 is 1.33 bits per heavy atom. The second kappa shape index (κ2) is 6.63. The second-order valence-electron chi connectivity index (χ2n) is 5.15. The number of nitrogens with two attached hydrogens (primary N) is 1. The van der Waals surface area contributed by atoms with E-state index in [9.17, 15) is 4.79 Å². The SMILES string of the molecule is COCCc1nc(-n2ccnc2)nc2ccc(OC(C)=O)c(N)c12. The molecule has 0 atom stereocenters. The molecule has 0 aliphatic heterocycles. The number of hydrogen-bond donors (Lipinski definition) is 1. The van der Waals surface area contributed by atoms with Crippen LogP contribution >= 0.6 is 0 Å². The molecule has 8 nitrogen and oxygen atoms in total. The standard InChI is InChI=1S/C16H17N5O3/c1-10(22)24-13-4-3-11-14(15(13)17)12(5-8-23-2)20-16(19-11)21-7-6-18-9-21/h3-4,6-7,9H,5,8,17H2,1-2H3. The van der Waals surface area contributed by atoms with E-state index in [-0.39, 0.29) is 0 Å². The molecule has 0 spiro atoms. The van der Waals surface area contributed by atoms with Gasteiger partial charge in [0.2, 0.25) is 5.95 Å². The van der Waals surface area contributed by atoms with Crippen LogP contribution in [0.25, 0.3) is 16.9 Å². The molecular weight excluding hydrogens is 310 g/mol. The summed E-state index contributed by atoms with van der Waals surface area (Å²) in [6.45, 7) is 1.81. The zero-order valence-corrected chi connectivity index (χ0v) is 13.4. The number of aromatic nitrogens is 4. The van der Waals surface area contributed by atoms with Crippen molar-refractivity contribution in [3.63, 3.8) is 0 Å². The Balaban J connectivity index is 2.19. The lowest BCUT2D eigenvalue weighted by Gasteiger charge is -2.13. The molecule has 124 valence electrons. The van der Waals surface area contributed by atoms with Crippen LogP contribution in [0.5, 0.6) is 5.75 Å². The number of hydrogen-bond acceptors (Lipinski definition) is 7. The first kappa shape index (κ1) is 15.9. The van der Waals surface area contributed by atoms with Gasteiger partial charge in [-0.1, -0.05) is 0 Å². The van der Waals surface area contributed by atoms with Gasteiger partial charge < -0.3 is 15.2 Å². The number of anilines is 1. The molecule has 2 aromatic heterocycles. The van der Waals surface area contributed by atoms with Crippen molar-refractivity contribution in [1.29, 1.82) is 0 Å². The van der Waals surface area contributed by atoms with Gasteiger partial charge in [-0.3, -0.25) is 9.36 Å². The Hall–Kier alpha value is -3.00. The van der Waals surface area contributed by atoms with Crippen LogP contribution in [0.4, 0.5) is 5.69 Å². The number of benzene rings is 1. The summed E-state index contributed by atoms with van der Waals surface area (Å²) in [6, 6.07) is 3.38. The first-order valence-corrected chi connectivity index (χ1v) is 7.35. The van der Waals surface area contributed by atoms with Crippen LogP contribution in [0.3, 0.4) is 0 Å². The summed E-state index contributed by atoms with van der Waals surface area (Å²) >= 11 is 0. The molecule has 1 aromatic carbocycles. The van der Waals surface area contributed by atoms with E-state index in [1.165, 1.54) is 6.92 Å². The number of esters is 1. The highest BCUT2D eigenvalue weighted by atomic mass is 16.5. The highest BCUT2D eigenvalue weighted by Crippen LogP contribution is 2.32. The van der Waals surface area contributed by atoms with Gasteiger partial charge in [-0.15, -0.1) is 0 Å². The Kier molecular flexibility index (Phi) is 4.39. The third-order valence-corrected chi connectivity index (χ3v) is 3.46. The van der Waals surface area contributed by atoms with E-state index in [2.05, 4.69) is 15.0 Å². The monoisotopic (exact) mass is 327 g/mol. The lowest BCUT2D eigenvalue weighted by molar-refractivity contribution is -0.131. The number of fused-ring (bicyclic) bond motifs is 1. The van der Waals surface area contributed by atoms with Crippen LogP contribution in [0.1, 0.15) is 12.6 Å². The summed E-state index contributed by atoms with van der Waals surface area (Å²) in [7, 11) is 1.62. The number of nitrogen functional groups attached to an aromatic ring is 1. The normalized spacial score (nSPS) is 10.9. The van der Waals surface area contributed by atoms with Crippen molar-refractivity contribution in [2.75, 3.05) is 19.5 Å². The molecular formula is C16H17N5O3. The maximum atomic E-state index is 11.2. The van der Waals surface area contributed by atoms with Crippen molar-refractivity contribution >= 4 is 22.6 Å². The average Bonchev–Trinajstić information content (AvgIpc) is 3.09. The van der Waals surface area contributed by atoms with Crippen molar-refractivity contribution in [3.05, 3.63) is 36.5 Å². The quantitative estimate of drug-likeness (QED) is 0.430. The zero-order valence-electron chi connectivity index (χ0n) is 13.4. The van der Waals surface area contributed by atoms with Crippen LogP contribution < -0.4 is 10.5 Å². The smallest absolute Gasteiger partial charge is 0.308 e. The van der Waals surface area contributed by atoms with Gasteiger partial charge in [-0.25, -0.2) is 15.0 Å². The fourth-order valence-corrected chi connectivity index (χ4v) is 2.41. The van der Waals surface area contributed by atoms with Crippen molar-refractivity contribution in [3.8, 4) is 11.7 Å². The fourth-order valence-electron chi connectivity index (χ4n) is 2.41. The zero-order chi connectivity index (χ0) is 17.1. The highest BCUT2D eigenvalue weighted by molar-refractivity contribution is 5.96. The number of methoxy groups -OCH3 is 1. The number of imidazole rings is 1.